The number of ether oxygens (including phenoxy) is 1. The Morgan fingerprint density at radius 2 is 1.91 bits per heavy atom. The number of nitrogens with zero attached hydrogens (tertiary/aromatic N) is 5. The smallest absolute Gasteiger partial charge is 0.276 e. The first-order chi connectivity index (χ1) is 16.6. The molecule has 4 aromatic heterocycles. The van der Waals surface area contributed by atoms with Gasteiger partial charge in [0.1, 0.15) is 17.3 Å². The van der Waals surface area contributed by atoms with Crippen LogP contribution in [0.15, 0.2) is 45.9 Å². The Balaban J connectivity index is 1.81. The van der Waals surface area contributed by atoms with E-state index in [1.807, 2.05) is 0 Å². The number of furan rings is 1. The number of rotatable bonds is 8. The molecule has 0 unspecified atom stereocenters. The minimum absolute atomic E-state index is 0.00975. The molecule has 13 heteroatoms. The van der Waals surface area contributed by atoms with Crippen LogP contribution in [0.3, 0.4) is 0 Å². The fourth-order valence-corrected chi connectivity index (χ4v) is 4.72. The fraction of sp³-hybridized carbons (Fsp3) is 0.318. The molecule has 0 saturated heterocycles. The molecule has 0 amide bonds. The van der Waals surface area contributed by atoms with E-state index in [-0.39, 0.29) is 23.2 Å². The van der Waals surface area contributed by atoms with Crippen LogP contribution < -0.4 is 15.0 Å². The molecule has 0 saturated carbocycles. The van der Waals surface area contributed by atoms with Gasteiger partial charge in [0.15, 0.2) is 11.4 Å². The summed E-state index contributed by atoms with van der Waals surface area (Å²) in [5.74, 6) is 0.865. The lowest BCUT2D eigenvalue weighted by Crippen LogP contribution is -2.32. The highest BCUT2D eigenvalue weighted by Crippen LogP contribution is 2.31. The van der Waals surface area contributed by atoms with Gasteiger partial charge in [-0.05, 0) is 45.0 Å². The maximum Gasteiger partial charge on any atom is 0.276 e. The summed E-state index contributed by atoms with van der Waals surface area (Å²) in [6, 6.07) is 6.64. The van der Waals surface area contributed by atoms with Crippen LogP contribution in [0.1, 0.15) is 37.0 Å². The lowest BCUT2D eigenvalue weighted by Gasteiger charge is -2.20. The highest BCUT2D eigenvalue weighted by molar-refractivity contribution is 7.93. The van der Waals surface area contributed by atoms with E-state index in [4.69, 9.17) is 9.15 Å². The maximum atomic E-state index is 13.4. The molecule has 35 heavy (non-hydrogen) atoms. The van der Waals surface area contributed by atoms with E-state index in [1.165, 1.54) is 23.9 Å². The molecule has 0 aromatic carbocycles. The molecule has 0 spiro atoms. The Hall–Kier alpha value is -4.00. The monoisotopic (exact) mass is 499 g/mol. The third-order valence-electron chi connectivity index (χ3n) is 5.61. The first-order valence-corrected chi connectivity index (χ1v) is 12.3. The first-order valence-electron chi connectivity index (χ1n) is 10.7. The predicted octanol–water partition coefficient (Wildman–Crippen LogP) is 2.56. The zero-order valence-electron chi connectivity index (χ0n) is 19.8. The molecule has 4 aromatic rings. The summed E-state index contributed by atoms with van der Waals surface area (Å²) >= 11 is 0. The van der Waals surface area contributed by atoms with Gasteiger partial charge >= 0.3 is 0 Å². The maximum absolute atomic E-state index is 13.4. The van der Waals surface area contributed by atoms with E-state index in [0.29, 0.717) is 17.3 Å². The van der Waals surface area contributed by atoms with Gasteiger partial charge in [0.2, 0.25) is 21.8 Å². The molecule has 0 radical (unpaired) electrons. The number of methoxy groups -OCH3 is 1. The third kappa shape index (κ3) is 4.67. The van der Waals surface area contributed by atoms with Crippen LogP contribution >= 0.6 is 0 Å². The quantitative estimate of drug-likeness (QED) is 0.371. The van der Waals surface area contributed by atoms with Gasteiger partial charge in [0.05, 0.1) is 12.4 Å². The molecule has 4 rings (SSSR count). The molecule has 0 aliphatic heterocycles. The largest absolute Gasteiger partial charge is 0.494 e. The molecule has 0 fully saturated rings. The second kappa shape index (κ2) is 9.33. The number of hydrogen-bond donors (Lipinski definition) is 2. The van der Waals surface area contributed by atoms with Crippen molar-refractivity contribution in [1.82, 2.24) is 29.7 Å². The van der Waals surface area contributed by atoms with Crippen molar-refractivity contribution < 1.29 is 17.6 Å². The van der Waals surface area contributed by atoms with Crippen molar-refractivity contribution in [2.24, 2.45) is 0 Å². The SMILES string of the molecule is COc1cc[nH]c(=O)c1-n1c(NS(=O)(=O)[C@@H](C)[C@H](C)c2nccc(C)n2)nnc1-c1ccc(C)o1. The van der Waals surface area contributed by atoms with E-state index in [1.54, 1.807) is 52.1 Å². The van der Waals surface area contributed by atoms with Gasteiger partial charge in [-0.2, -0.15) is 0 Å². The summed E-state index contributed by atoms with van der Waals surface area (Å²) in [6.07, 6.45) is 3.00. The van der Waals surface area contributed by atoms with Crippen LogP contribution in [0.5, 0.6) is 5.75 Å². The average molecular weight is 500 g/mol. The minimum Gasteiger partial charge on any atom is -0.494 e. The van der Waals surface area contributed by atoms with Crippen molar-refractivity contribution >= 4 is 16.0 Å². The molecule has 0 aliphatic carbocycles. The minimum atomic E-state index is -4.04. The third-order valence-corrected chi connectivity index (χ3v) is 7.47. The van der Waals surface area contributed by atoms with Crippen LogP contribution in [-0.2, 0) is 10.0 Å². The van der Waals surface area contributed by atoms with E-state index in [9.17, 15) is 13.2 Å². The summed E-state index contributed by atoms with van der Waals surface area (Å²) in [7, 11) is -2.64. The van der Waals surface area contributed by atoms with Gasteiger partial charge in [-0.1, -0.05) is 6.92 Å². The van der Waals surface area contributed by atoms with E-state index in [0.717, 1.165) is 5.69 Å². The summed E-state index contributed by atoms with van der Waals surface area (Å²) in [4.78, 5) is 24.0. The van der Waals surface area contributed by atoms with Gasteiger partial charge in [0, 0.05) is 24.0 Å². The van der Waals surface area contributed by atoms with Crippen molar-refractivity contribution in [3.05, 3.63) is 64.3 Å². The van der Waals surface area contributed by atoms with Crippen molar-refractivity contribution in [2.75, 3.05) is 11.8 Å². The summed E-state index contributed by atoms with van der Waals surface area (Å²) in [5.41, 5.74) is 0.182. The number of hydrogen-bond acceptors (Lipinski definition) is 9. The van der Waals surface area contributed by atoms with Crippen molar-refractivity contribution in [2.45, 2.75) is 38.9 Å². The van der Waals surface area contributed by atoms with Gasteiger partial charge in [-0.15, -0.1) is 10.2 Å². The second-order valence-corrected chi connectivity index (χ2v) is 10.1. The highest BCUT2D eigenvalue weighted by atomic mass is 32.2. The number of anilines is 1. The topological polar surface area (TPSA) is 158 Å². The van der Waals surface area contributed by atoms with Gasteiger partial charge in [0.25, 0.3) is 5.56 Å². The molecular weight excluding hydrogens is 474 g/mol. The van der Waals surface area contributed by atoms with Crippen molar-refractivity contribution in [3.63, 3.8) is 0 Å². The lowest BCUT2D eigenvalue weighted by molar-refractivity contribution is 0.411. The van der Waals surface area contributed by atoms with E-state index < -0.39 is 26.8 Å². The van der Waals surface area contributed by atoms with Gasteiger partial charge < -0.3 is 14.1 Å². The standard InChI is InChI=1S/C22H25N7O5S/c1-12-8-10-23-19(25-12)14(3)15(4)35(31,32)28-22-27-26-20(17-7-6-13(2)34-17)29(22)18-16(33-5)9-11-24-21(18)30/h6-11,14-15H,1-5H3,(H,24,30)(H,27,28)/t14-,15-/m0/s1. The lowest BCUT2D eigenvalue weighted by atomic mass is 10.1. The van der Waals surface area contributed by atoms with Gasteiger partial charge in [-0.3, -0.25) is 9.52 Å². The van der Waals surface area contributed by atoms with Crippen LogP contribution in [0.4, 0.5) is 5.95 Å². The fourth-order valence-electron chi connectivity index (χ4n) is 3.49. The van der Waals surface area contributed by atoms with Crippen LogP contribution in [0.2, 0.25) is 0 Å². The van der Waals surface area contributed by atoms with Crippen molar-refractivity contribution in [3.8, 4) is 23.0 Å². The normalized spacial score (nSPS) is 13.4. The summed E-state index contributed by atoms with van der Waals surface area (Å²) in [5, 5.41) is 7.20. The molecule has 2 atom stereocenters. The second-order valence-electron chi connectivity index (χ2n) is 8.01. The predicted molar refractivity (Wildman–Crippen MR) is 128 cm³/mol. The summed E-state index contributed by atoms with van der Waals surface area (Å²) in [6.45, 7) is 6.83. The number of aromatic amines is 1. The Morgan fingerprint density at radius 3 is 2.57 bits per heavy atom. The average Bonchev–Trinajstić information content (AvgIpc) is 3.43. The number of H-pyrrole nitrogens is 1. The molecule has 4 heterocycles. The van der Waals surface area contributed by atoms with Crippen LogP contribution in [-0.4, -0.2) is 50.5 Å². The Kier molecular flexibility index (Phi) is 6.43. The molecule has 2 N–H and O–H groups in total. The summed E-state index contributed by atoms with van der Waals surface area (Å²) < 4.78 is 41.5. The molecular formula is C22H25N7O5S. The van der Waals surface area contributed by atoms with E-state index in [2.05, 4.69) is 29.9 Å². The number of aromatic nitrogens is 6. The number of sulfonamides is 1. The zero-order chi connectivity index (χ0) is 25.3. The molecule has 0 aliphatic rings. The number of pyridine rings is 1. The Bertz CT molecular complexity index is 1520. The number of nitrogens with one attached hydrogen (secondary N) is 2. The van der Waals surface area contributed by atoms with Gasteiger partial charge in [-0.25, -0.2) is 23.0 Å². The number of aryl methyl sites for hydroxylation is 2. The molecule has 184 valence electrons. The van der Waals surface area contributed by atoms with Crippen LogP contribution in [0, 0.1) is 13.8 Å². The Labute approximate surface area is 201 Å². The first kappa shape index (κ1) is 24.1. The van der Waals surface area contributed by atoms with Crippen LogP contribution in [0.25, 0.3) is 17.3 Å². The zero-order valence-corrected chi connectivity index (χ0v) is 20.6. The molecule has 0 bridgehead atoms. The Morgan fingerprint density at radius 1 is 1.14 bits per heavy atom. The highest BCUT2D eigenvalue weighted by Gasteiger charge is 2.32. The molecule has 12 nitrogen and oxygen atoms in total. The van der Waals surface area contributed by atoms with E-state index >= 15 is 0 Å². The van der Waals surface area contributed by atoms with Crippen molar-refractivity contribution in [1.29, 1.82) is 0 Å².